The summed E-state index contributed by atoms with van der Waals surface area (Å²) in [6.45, 7) is 11.2. The van der Waals surface area contributed by atoms with Crippen molar-refractivity contribution in [2.45, 2.75) is 65.9 Å². The van der Waals surface area contributed by atoms with Gasteiger partial charge in [-0.2, -0.15) is 0 Å². The van der Waals surface area contributed by atoms with Crippen LogP contribution in [0.4, 0.5) is 0 Å². The van der Waals surface area contributed by atoms with E-state index in [1.807, 2.05) is 13.8 Å². The Hall–Kier alpha value is -1.06. The highest BCUT2D eigenvalue weighted by Crippen LogP contribution is 2.66. The van der Waals surface area contributed by atoms with Gasteiger partial charge in [0.05, 0.1) is 18.9 Å². The molecule has 2 bridgehead atoms. The van der Waals surface area contributed by atoms with E-state index in [-0.39, 0.29) is 29.7 Å². The molecule has 0 radical (unpaired) electrons. The van der Waals surface area contributed by atoms with Crippen LogP contribution in [-0.2, 0) is 19.1 Å². The molecule has 3 saturated carbocycles. The van der Waals surface area contributed by atoms with Crippen LogP contribution in [0.2, 0.25) is 0 Å². The third-order valence-electron chi connectivity index (χ3n) is 7.34. The van der Waals surface area contributed by atoms with Crippen LogP contribution in [0.3, 0.4) is 0 Å². The van der Waals surface area contributed by atoms with Gasteiger partial charge in [-0.3, -0.25) is 9.59 Å². The Balaban J connectivity index is 1.89. The topological polar surface area (TPSA) is 52.6 Å². The molecule has 1 aliphatic heterocycles. The molecule has 130 valence electrons. The van der Waals surface area contributed by atoms with Crippen molar-refractivity contribution in [2.75, 3.05) is 6.61 Å². The molecule has 0 N–H and O–H groups in total. The predicted octanol–water partition coefficient (Wildman–Crippen LogP) is 3.58. The summed E-state index contributed by atoms with van der Waals surface area (Å²) in [5.41, 5.74) is -0.203. The van der Waals surface area contributed by atoms with E-state index in [4.69, 9.17) is 9.47 Å². The van der Waals surface area contributed by atoms with Crippen LogP contribution in [0.25, 0.3) is 0 Å². The van der Waals surface area contributed by atoms with E-state index in [0.717, 1.165) is 12.8 Å². The Morgan fingerprint density at radius 3 is 2.57 bits per heavy atom. The lowest BCUT2D eigenvalue weighted by Gasteiger charge is -2.66. The van der Waals surface area contributed by atoms with Gasteiger partial charge in [-0.05, 0) is 42.4 Å². The summed E-state index contributed by atoms with van der Waals surface area (Å²) in [4.78, 5) is 24.2. The van der Waals surface area contributed by atoms with Gasteiger partial charge >= 0.3 is 11.9 Å². The van der Waals surface area contributed by atoms with Crippen LogP contribution in [0.1, 0.15) is 60.3 Å². The lowest BCUT2D eigenvalue weighted by Crippen LogP contribution is -2.66. The predicted molar refractivity (Wildman–Crippen MR) is 86.5 cm³/mol. The van der Waals surface area contributed by atoms with Gasteiger partial charge in [-0.25, -0.2) is 0 Å². The standard InChI is InChI=1S/C19H30O4/c1-6-11(2)17(21)23-19(14-8-16(20)22-10-14)9-13-7-15(12(19)3)18(13,4)5/h11-15H,6-10H2,1-5H3. The van der Waals surface area contributed by atoms with Crippen LogP contribution in [0.5, 0.6) is 0 Å². The van der Waals surface area contributed by atoms with Crippen molar-refractivity contribution in [1.82, 2.24) is 0 Å². The third kappa shape index (κ3) is 2.40. The van der Waals surface area contributed by atoms with E-state index in [1.165, 1.54) is 6.42 Å². The lowest BCUT2D eigenvalue weighted by molar-refractivity contribution is -0.244. The average molecular weight is 322 g/mol. The average Bonchev–Trinajstić information content (AvgIpc) is 2.94. The maximum absolute atomic E-state index is 12.6. The maximum atomic E-state index is 12.6. The summed E-state index contributed by atoms with van der Waals surface area (Å²) in [5.74, 6) is 1.06. The number of cyclic esters (lactones) is 1. The van der Waals surface area contributed by atoms with Gasteiger partial charge in [0.2, 0.25) is 0 Å². The SMILES string of the molecule is CCC(C)C(=O)OC1(C2COC(=O)C2)CC2CC(C1C)C2(C)C. The Morgan fingerprint density at radius 2 is 2.09 bits per heavy atom. The first kappa shape index (κ1) is 16.8. The molecule has 4 rings (SSSR count). The summed E-state index contributed by atoms with van der Waals surface area (Å²) in [6, 6.07) is 0. The molecule has 1 heterocycles. The molecule has 1 saturated heterocycles. The third-order valence-corrected chi connectivity index (χ3v) is 7.34. The first-order chi connectivity index (χ1) is 10.7. The van der Waals surface area contributed by atoms with Crippen molar-refractivity contribution in [3.8, 4) is 0 Å². The fourth-order valence-electron chi connectivity index (χ4n) is 5.20. The van der Waals surface area contributed by atoms with Gasteiger partial charge in [-0.1, -0.05) is 34.6 Å². The highest BCUT2D eigenvalue weighted by atomic mass is 16.6. The molecular weight excluding hydrogens is 292 g/mol. The van der Waals surface area contributed by atoms with Crippen molar-refractivity contribution in [3.63, 3.8) is 0 Å². The summed E-state index contributed by atoms with van der Waals surface area (Å²) >= 11 is 0. The fourth-order valence-corrected chi connectivity index (χ4v) is 5.20. The monoisotopic (exact) mass is 322 g/mol. The van der Waals surface area contributed by atoms with Gasteiger partial charge < -0.3 is 9.47 Å². The van der Waals surface area contributed by atoms with Crippen LogP contribution in [-0.4, -0.2) is 24.1 Å². The molecule has 0 aromatic rings. The second kappa shape index (κ2) is 5.49. The van der Waals surface area contributed by atoms with E-state index in [2.05, 4.69) is 20.8 Å². The number of fused-ring (bicyclic) bond motifs is 2. The largest absolute Gasteiger partial charge is 0.465 e. The second-order valence-electron chi connectivity index (χ2n) is 8.62. The minimum absolute atomic E-state index is 0.0133. The normalized spacial score (nSPS) is 42.6. The van der Waals surface area contributed by atoms with Gasteiger partial charge in [-0.15, -0.1) is 0 Å². The molecule has 6 unspecified atom stereocenters. The number of rotatable bonds is 4. The molecule has 23 heavy (non-hydrogen) atoms. The van der Waals surface area contributed by atoms with Crippen molar-refractivity contribution in [3.05, 3.63) is 0 Å². The van der Waals surface area contributed by atoms with Crippen LogP contribution in [0, 0.1) is 35.0 Å². The van der Waals surface area contributed by atoms with E-state index < -0.39 is 5.60 Å². The van der Waals surface area contributed by atoms with Crippen molar-refractivity contribution in [1.29, 1.82) is 0 Å². The summed E-state index contributed by atoms with van der Waals surface area (Å²) in [7, 11) is 0. The molecule has 3 aliphatic carbocycles. The molecule has 0 aromatic heterocycles. The Bertz CT molecular complexity index is 511. The number of carbonyl (C=O) groups excluding carboxylic acids is 2. The van der Waals surface area contributed by atoms with Crippen molar-refractivity contribution < 1.29 is 19.1 Å². The number of esters is 2. The van der Waals surface area contributed by atoms with Crippen LogP contribution < -0.4 is 0 Å². The minimum Gasteiger partial charge on any atom is -0.465 e. The lowest BCUT2D eigenvalue weighted by atomic mass is 9.41. The summed E-state index contributed by atoms with van der Waals surface area (Å²) < 4.78 is 11.4. The quantitative estimate of drug-likeness (QED) is 0.742. The number of ether oxygens (including phenoxy) is 2. The molecule has 0 spiro atoms. The highest BCUT2D eigenvalue weighted by Gasteiger charge is 2.66. The highest BCUT2D eigenvalue weighted by molar-refractivity contribution is 5.74. The Morgan fingerprint density at radius 1 is 1.39 bits per heavy atom. The molecule has 4 nitrogen and oxygen atoms in total. The molecule has 0 amide bonds. The van der Waals surface area contributed by atoms with Crippen LogP contribution in [0.15, 0.2) is 0 Å². The van der Waals surface area contributed by atoms with E-state index in [9.17, 15) is 9.59 Å². The Labute approximate surface area is 139 Å². The number of hydrogen-bond donors (Lipinski definition) is 0. The molecule has 4 aliphatic rings. The number of hydrogen-bond acceptors (Lipinski definition) is 4. The molecular formula is C19H30O4. The van der Waals surface area contributed by atoms with Crippen molar-refractivity contribution >= 4 is 11.9 Å². The van der Waals surface area contributed by atoms with E-state index >= 15 is 0 Å². The molecule has 4 fully saturated rings. The first-order valence-corrected chi connectivity index (χ1v) is 9.10. The molecule has 6 atom stereocenters. The van der Waals surface area contributed by atoms with Gasteiger partial charge in [0, 0.05) is 5.92 Å². The zero-order chi connectivity index (χ0) is 17.0. The fraction of sp³-hybridized carbons (Fsp3) is 0.895. The molecule has 0 aromatic carbocycles. The first-order valence-electron chi connectivity index (χ1n) is 9.10. The maximum Gasteiger partial charge on any atom is 0.309 e. The summed E-state index contributed by atoms with van der Waals surface area (Å²) in [6.07, 6.45) is 3.26. The smallest absolute Gasteiger partial charge is 0.309 e. The minimum atomic E-state index is -0.518. The van der Waals surface area contributed by atoms with Gasteiger partial charge in [0.1, 0.15) is 5.60 Å². The zero-order valence-corrected chi connectivity index (χ0v) is 15.1. The molecule has 4 heteroatoms. The Kier molecular flexibility index (Phi) is 4.01. The summed E-state index contributed by atoms with van der Waals surface area (Å²) in [5, 5.41) is 0. The van der Waals surface area contributed by atoms with Gasteiger partial charge in [0.25, 0.3) is 0 Å². The number of carbonyl (C=O) groups is 2. The van der Waals surface area contributed by atoms with E-state index in [0.29, 0.717) is 30.3 Å². The second-order valence-corrected chi connectivity index (χ2v) is 8.62. The van der Waals surface area contributed by atoms with E-state index in [1.54, 1.807) is 0 Å². The van der Waals surface area contributed by atoms with Crippen molar-refractivity contribution in [2.24, 2.45) is 35.0 Å². The van der Waals surface area contributed by atoms with Gasteiger partial charge in [0.15, 0.2) is 0 Å². The van der Waals surface area contributed by atoms with Crippen LogP contribution >= 0.6 is 0 Å². The zero-order valence-electron chi connectivity index (χ0n) is 15.1.